The number of hydrogen-bond donors (Lipinski definition) is 4. The number of carbonyl (C=O) groups is 2. The number of unbranched alkanes of at least 4 members (excludes halogenated alkanes) is 1. The summed E-state index contributed by atoms with van der Waals surface area (Å²) in [6.07, 6.45) is 0.733. The predicted octanol–water partition coefficient (Wildman–Crippen LogP) is 4.26. The Bertz CT molecular complexity index is 1190. The van der Waals surface area contributed by atoms with Crippen LogP contribution in [0.1, 0.15) is 24.8 Å². The van der Waals surface area contributed by atoms with Gasteiger partial charge in [-0.2, -0.15) is 0 Å². The van der Waals surface area contributed by atoms with E-state index < -0.39 is 29.7 Å². The maximum Gasteiger partial charge on any atom is 0.412 e. The Morgan fingerprint density at radius 3 is 2.73 bits per heavy atom. The molecule has 0 bridgehead atoms. The number of anilines is 1. The van der Waals surface area contributed by atoms with Crippen molar-refractivity contribution in [2.75, 3.05) is 25.1 Å². The van der Waals surface area contributed by atoms with Gasteiger partial charge in [-0.1, -0.05) is 41.0 Å². The standard InChI is InChI=1S/C25H27ClF2N4O5/c26-19-9-2-1-8-18(19)21-12-22(32-37-21)31-25(35)36-15-17(7-3-4-11-33)30-23(34)14-29-13-16-6-5-10-20(27)24(16)28/h1-2,5-6,8-10,12,17,29,33H,3-4,7,11,13-15H2,(H,30,34)(H,31,32,35)/t17-/m0/s1. The van der Waals surface area contributed by atoms with Crippen molar-refractivity contribution in [1.82, 2.24) is 15.8 Å². The van der Waals surface area contributed by atoms with E-state index in [1.807, 2.05) is 0 Å². The quantitative estimate of drug-likeness (QED) is 0.240. The van der Waals surface area contributed by atoms with Gasteiger partial charge in [-0.05, 0) is 37.5 Å². The summed E-state index contributed by atoms with van der Waals surface area (Å²) in [6, 6.07) is 11.8. The van der Waals surface area contributed by atoms with E-state index in [1.54, 1.807) is 24.3 Å². The predicted molar refractivity (Wildman–Crippen MR) is 133 cm³/mol. The molecule has 1 heterocycles. The third-order valence-corrected chi connectivity index (χ3v) is 5.58. The van der Waals surface area contributed by atoms with Crippen molar-refractivity contribution in [2.24, 2.45) is 0 Å². The van der Waals surface area contributed by atoms with Crippen LogP contribution in [0.5, 0.6) is 0 Å². The van der Waals surface area contributed by atoms with Gasteiger partial charge in [0, 0.05) is 30.3 Å². The number of carbonyl (C=O) groups excluding carboxylic acids is 2. The van der Waals surface area contributed by atoms with Crippen LogP contribution in [0.3, 0.4) is 0 Å². The molecule has 9 nitrogen and oxygen atoms in total. The lowest BCUT2D eigenvalue weighted by Crippen LogP contribution is -2.43. The Labute approximate surface area is 217 Å². The molecule has 0 aliphatic heterocycles. The number of aromatic nitrogens is 1. The van der Waals surface area contributed by atoms with Crippen LogP contribution in [-0.4, -0.2) is 48.1 Å². The molecule has 3 rings (SSSR count). The minimum Gasteiger partial charge on any atom is -0.447 e. The largest absolute Gasteiger partial charge is 0.447 e. The van der Waals surface area contributed by atoms with Crippen molar-refractivity contribution in [2.45, 2.75) is 31.8 Å². The molecule has 2 aromatic carbocycles. The molecular formula is C25H27ClF2N4O5. The highest BCUT2D eigenvalue weighted by molar-refractivity contribution is 6.33. The second-order valence-corrected chi connectivity index (χ2v) is 8.49. The second-order valence-electron chi connectivity index (χ2n) is 8.08. The third kappa shape index (κ3) is 8.81. The summed E-state index contributed by atoms with van der Waals surface area (Å²) in [5.41, 5.74) is 0.705. The van der Waals surface area contributed by atoms with E-state index in [0.29, 0.717) is 35.6 Å². The summed E-state index contributed by atoms with van der Waals surface area (Å²) in [7, 11) is 0. The van der Waals surface area contributed by atoms with Crippen LogP contribution in [0.25, 0.3) is 11.3 Å². The Hall–Kier alpha value is -3.54. The molecule has 2 amide bonds. The van der Waals surface area contributed by atoms with Gasteiger partial charge >= 0.3 is 6.09 Å². The highest BCUT2D eigenvalue weighted by Crippen LogP contribution is 2.29. The van der Waals surface area contributed by atoms with Gasteiger partial charge in [-0.25, -0.2) is 13.6 Å². The van der Waals surface area contributed by atoms with Gasteiger partial charge in [-0.15, -0.1) is 0 Å². The molecule has 198 valence electrons. The van der Waals surface area contributed by atoms with Gasteiger partial charge in [0.1, 0.15) is 6.61 Å². The van der Waals surface area contributed by atoms with Gasteiger partial charge in [0.2, 0.25) is 5.91 Å². The van der Waals surface area contributed by atoms with Crippen molar-refractivity contribution in [3.05, 3.63) is 70.8 Å². The molecule has 0 fully saturated rings. The molecule has 0 unspecified atom stereocenters. The number of amides is 2. The fourth-order valence-electron chi connectivity index (χ4n) is 3.41. The SMILES string of the molecule is O=C(CNCc1cccc(F)c1F)N[C@@H](CCCCO)COC(=O)Nc1cc(-c2ccccc2Cl)on1. The van der Waals surface area contributed by atoms with Gasteiger partial charge < -0.3 is 25.0 Å². The number of hydrogen-bond acceptors (Lipinski definition) is 7. The van der Waals surface area contributed by atoms with Crippen LogP contribution in [0, 0.1) is 11.6 Å². The van der Waals surface area contributed by atoms with E-state index >= 15 is 0 Å². The zero-order valence-electron chi connectivity index (χ0n) is 19.8. The van der Waals surface area contributed by atoms with Gasteiger partial charge in [-0.3, -0.25) is 10.1 Å². The van der Waals surface area contributed by atoms with Crippen molar-refractivity contribution >= 4 is 29.4 Å². The third-order valence-electron chi connectivity index (χ3n) is 5.25. The maximum atomic E-state index is 13.7. The average molecular weight is 537 g/mol. The van der Waals surface area contributed by atoms with E-state index in [1.165, 1.54) is 18.2 Å². The Morgan fingerprint density at radius 1 is 1.14 bits per heavy atom. The normalized spacial score (nSPS) is 11.7. The first-order valence-electron chi connectivity index (χ1n) is 11.6. The summed E-state index contributed by atoms with van der Waals surface area (Å²) in [5.74, 6) is -1.87. The molecule has 3 aromatic rings. The number of aliphatic hydroxyl groups is 1. The average Bonchev–Trinajstić information content (AvgIpc) is 3.33. The van der Waals surface area contributed by atoms with E-state index in [2.05, 4.69) is 21.1 Å². The number of halogens is 3. The number of ether oxygens (including phenoxy) is 1. The lowest BCUT2D eigenvalue weighted by molar-refractivity contribution is -0.121. The van der Waals surface area contributed by atoms with E-state index in [0.717, 1.165) is 6.07 Å². The van der Waals surface area contributed by atoms with Crippen LogP contribution in [0.2, 0.25) is 5.02 Å². The summed E-state index contributed by atoms with van der Waals surface area (Å²) in [5, 5.41) is 21.2. The van der Waals surface area contributed by atoms with Crippen LogP contribution < -0.4 is 16.0 Å². The summed E-state index contributed by atoms with van der Waals surface area (Å²) in [4.78, 5) is 24.6. The lowest BCUT2D eigenvalue weighted by atomic mass is 10.1. The fourth-order valence-corrected chi connectivity index (χ4v) is 3.64. The first kappa shape index (κ1) is 28.0. The maximum absolute atomic E-state index is 13.7. The minimum absolute atomic E-state index is 0.0112. The topological polar surface area (TPSA) is 126 Å². The second kappa shape index (κ2) is 14.3. The molecule has 1 atom stereocenters. The molecule has 0 aliphatic rings. The zero-order valence-corrected chi connectivity index (χ0v) is 20.6. The summed E-state index contributed by atoms with van der Waals surface area (Å²) in [6.45, 7) is -0.360. The molecule has 0 aliphatic carbocycles. The van der Waals surface area contributed by atoms with Gasteiger partial charge in [0.25, 0.3) is 0 Å². The first-order chi connectivity index (χ1) is 17.9. The van der Waals surface area contributed by atoms with Crippen LogP contribution in [0.15, 0.2) is 53.1 Å². The molecular weight excluding hydrogens is 510 g/mol. The Balaban J connectivity index is 1.47. The van der Waals surface area contributed by atoms with E-state index in [4.69, 9.17) is 26.0 Å². The highest BCUT2D eigenvalue weighted by Gasteiger charge is 2.17. The number of aliphatic hydroxyl groups excluding tert-OH is 1. The van der Waals surface area contributed by atoms with Crippen molar-refractivity contribution in [3.63, 3.8) is 0 Å². The summed E-state index contributed by atoms with van der Waals surface area (Å²) < 4.78 is 37.5. The number of nitrogens with zero attached hydrogens (tertiary/aromatic N) is 1. The highest BCUT2D eigenvalue weighted by atomic mass is 35.5. The summed E-state index contributed by atoms with van der Waals surface area (Å²) >= 11 is 6.14. The molecule has 4 N–H and O–H groups in total. The van der Waals surface area contributed by atoms with Crippen molar-refractivity contribution in [1.29, 1.82) is 0 Å². The van der Waals surface area contributed by atoms with Gasteiger partial charge in [0.15, 0.2) is 23.2 Å². The minimum atomic E-state index is -0.970. The van der Waals surface area contributed by atoms with E-state index in [9.17, 15) is 18.4 Å². The zero-order chi connectivity index (χ0) is 26.6. The molecule has 0 saturated heterocycles. The fraction of sp³-hybridized carbons (Fsp3) is 0.320. The van der Waals surface area contributed by atoms with E-state index in [-0.39, 0.29) is 37.7 Å². The smallest absolute Gasteiger partial charge is 0.412 e. The Morgan fingerprint density at radius 2 is 1.95 bits per heavy atom. The monoisotopic (exact) mass is 536 g/mol. The van der Waals surface area contributed by atoms with Crippen LogP contribution >= 0.6 is 11.6 Å². The lowest BCUT2D eigenvalue weighted by Gasteiger charge is -2.19. The number of nitrogens with one attached hydrogen (secondary N) is 3. The molecule has 12 heteroatoms. The molecule has 0 radical (unpaired) electrons. The number of benzene rings is 2. The van der Waals surface area contributed by atoms with Crippen molar-refractivity contribution < 1.29 is 32.7 Å². The van der Waals surface area contributed by atoms with Gasteiger partial charge in [0.05, 0.1) is 17.6 Å². The molecule has 0 saturated carbocycles. The van der Waals surface area contributed by atoms with Crippen LogP contribution in [0.4, 0.5) is 19.4 Å². The molecule has 37 heavy (non-hydrogen) atoms. The first-order valence-corrected chi connectivity index (χ1v) is 11.9. The molecule has 1 aromatic heterocycles. The Kier molecular flexibility index (Phi) is 10.8. The van der Waals surface area contributed by atoms with Crippen molar-refractivity contribution in [3.8, 4) is 11.3 Å². The van der Waals surface area contributed by atoms with Crippen LogP contribution in [-0.2, 0) is 16.1 Å². The molecule has 0 spiro atoms. The number of rotatable bonds is 13.